The van der Waals surface area contributed by atoms with Crippen molar-refractivity contribution in [1.29, 1.82) is 0 Å². The summed E-state index contributed by atoms with van der Waals surface area (Å²) in [5, 5.41) is 14.9. The van der Waals surface area contributed by atoms with Gasteiger partial charge in [-0.05, 0) is 50.9 Å². The fourth-order valence-electron chi connectivity index (χ4n) is 4.18. The predicted molar refractivity (Wildman–Crippen MR) is 103 cm³/mol. The Bertz CT molecular complexity index is 526. The first-order chi connectivity index (χ1) is 14.2. The second-order valence-electron chi connectivity index (χ2n) is 8.41. The molecule has 2 saturated carbocycles. The van der Waals surface area contributed by atoms with Crippen LogP contribution in [0.2, 0.25) is 0 Å². The van der Waals surface area contributed by atoms with Crippen LogP contribution in [0.25, 0.3) is 0 Å². The monoisotopic (exact) mass is 463 g/mol. The standard InChI is InChI=1S/C18H31ClF5N5O/c19-13-7-12(5-6-14(13)21)26-16-27-15(25-8-10-1-3-11(20)4-2-10)28-17(29-16)30-9-18(22,23)24/h10-17,25-29H,1-9H2. The molecule has 2 aliphatic carbocycles. The molecule has 1 saturated heterocycles. The maximum absolute atomic E-state index is 13.6. The molecule has 3 aliphatic rings. The molecule has 0 bridgehead atoms. The maximum atomic E-state index is 13.6. The number of alkyl halides is 6. The largest absolute Gasteiger partial charge is 0.411 e. The first-order valence-electron chi connectivity index (χ1n) is 10.6. The highest BCUT2D eigenvalue weighted by Gasteiger charge is 2.35. The maximum Gasteiger partial charge on any atom is 0.411 e. The fraction of sp³-hybridized carbons (Fsp3) is 1.00. The SMILES string of the molecule is FC1CCC(CNC2NC(NC3CCC(F)C(Cl)C3)NC(OCC(F)(F)F)N2)CC1. The lowest BCUT2D eigenvalue weighted by molar-refractivity contribution is -0.199. The van der Waals surface area contributed by atoms with Gasteiger partial charge in [0.25, 0.3) is 0 Å². The molecule has 12 heteroatoms. The Morgan fingerprint density at radius 3 is 2.30 bits per heavy atom. The number of hydrogen-bond donors (Lipinski definition) is 5. The van der Waals surface area contributed by atoms with Crippen molar-refractivity contribution in [3.05, 3.63) is 0 Å². The molecule has 3 fully saturated rings. The summed E-state index contributed by atoms with van der Waals surface area (Å²) in [5.74, 6) is 0.313. The van der Waals surface area contributed by atoms with Gasteiger partial charge in [-0.15, -0.1) is 11.6 Å². The van der Waals surface area contributed by atoms with E-state index in [0.717, 1.165) is 12.8 Å². The van der Waals surface area contributed by atoms with Crippen LogP contribution in [0.4, 0.5) is 22.0 Å². The van der Waals surface area contributed by atoms with Gasteiger partial charge in [-0.3, -0.25) is 26.6 Å². The molecule has 0 amide bonds. The molecule has 0 radical (unpaired) electrons. The number of ether oxygens (including phenoxy) is 1. The quantitative estimate of drug-likeness (QED) is 0.295. The molecule has 0 aromatic carbocycles. The van der Waals surface area contributed by atoms with Crippen LogP contribution >= 0.6 is 11.6 Å². The molecule has 6 nitrogen and oxygen atoms in total. The molecule has 1 heterocycles. The number of rotatable bonds is 7. The zero-order valence-electron chi connectivity index (χ0n) is 16.7. The summed E-state index contributed by atoms with van der Waals surface area (Å²) in [6.07, 6.45) is -4.39. The Morgan fingerprint density at radius 2 is 1.63 bits per heavy atom. The van der Waals surface area contributed by atoms with Gasteiger partial charge in [0.2, 0.25) is 0 Å². The third-order valence-electron chi connectivity index (χ3n) is 5.87. The highest BCUT2D eigenvalue weighted by molar-refractivity contribution is 6.21. The van der Waals surface area contributed by atoms with Crippen LogP contribution in [-0.2, 0) is 4.74 Å². The van der Waals surface area contributed by atoms with Gasteiger partial charge in [0, 0.05) is 12.6 Å². The predicted octanol–water partition coefficient (Wildman–Crippen LogP) is 2.40. The average molecular weight is 464 g/mol. The van der Waals surface area contributed by atoms with Gasteiger partial charge >= 0.3 is 6.18 Å². The normalized spacial score (nSPS) is 41.0. The molecule has 0 spiro atoms. The molecular formula is C18H31ClF5N5O. The highest BCUT2D eigenvalue weighted by Crippen LogP contribution is 2.27. The van der Waals surface area contributed by atoms with Crippen molar-refractivity contribution < 1.29 is 26.7 Å². The number of nitrogens with one attached hydrogen (secondary N) is 5. The van der Waals surface area contributed by atoms with E-state index in [4.69, 9.17) is 16.3 Å². The molecular weight excluding hydrogens is 433 g/mol. The third kappa shape index (κ3) is 7.99. The van der Waals surface area contributed by atoms with E-state index in [2.05, 4.69) is 26.6 Å². The van der Waals surface area contributed by atoms with E-state index >= 15 is 0 Å². The molecule has 0 aromatic heterocycles. The van der Waals surface area contributed by atoms with E-state index in [1.165, 1.54) is 0 Å². The zero-order chi connectivity index (χ0) is 21.7. The molecule has 6 unspecified atom stereocenters. The summed E-state index contributed by atoms with van der Waals surface area (Å²) in [7, 11) is 0. The Morgan fingerprint density at radius 1 is 0.933 bits per heavy atom. The van der Waals surface area contributed by atoms with E-state index < -0.39 is 49.4 Å². The lowest BCUT2D eigenvalue weighted by Gasteiger charge is -2.42. The van der Waals surface area contributed by atoms with Crippen LogP contribution in [0, 0.1) is 5.92 Å². The van der Waals surface area contributed by atoms with Crippen LogP contribution in [0.1, 0.15) is 44.9 Å². The average Bonchev–Trinajstić information content (AvgIpc) is 2.68. The first-order valence-corrected chi connectivity index (χ1v) is 11.0. The van der Waals surface area contributed by atoms with Crippen molar-refractivity contribution in [3.8, 4) is 0 Å². The van der Waals surface area contributed by atoms with Crippen LogP contribution < -0.4 is 26.6 Å². The van der Waals surface area contributed by atoms with Crippen molar-refractivity contribution in [3.63, 3.8) is 0 Å². The van der Waals surface area contributed by atoms with Crippen LogP contribution in [0.3, 0.4) is 0 Å². The number of halogens is 6. The van der Waals surface area contributed by atoms with E-state index in [1.807, 2.05) is 0 Å². The molecule has 5 N–H and O–H groups in total. The Balaban J connectivity index is 1.52. The zero-order valence-corrected chi connectivity index (χ0v) is 17.4. The van der Waals surface area contributed by atoms with Gasteiger partial charge in [-0.1, -0.05) is 0 Å². The lowest BCUT2D eigenvalue weighted by Crippen LogP contribution is -2.76. The minimum Gasteiger partial charge on any atom is -0.340 e. The van der Waals surface area contributed by atoms with Crippen molar-refractivity contribution in [2.24, 2.45) is 5.92 Å². The molecule has 1 aliphatic heterocycles. The van der Waals surface area contributed by atoms with Crippen molar-refractivity contribution in [2.45, 2.75) is 93.8 Å². The Labute approximate surface area is 178 Å². The van der Waals surface area contributed by atoms with E-state index in [-0.39, 0.29) is 6.04 Å². The molecule has 3 rings (SSSR count). The van der Waals surface area contributed by atoms with Crippen molar-refractivity contribution in [1.82, 2.24) is 26.6 Å². The fourth-order valence-corrected chi connectivity index (χ4v) is 4.52. The van der Waals surface area contributed by atoms with Crippen LogP contribution in [0.15, 0.2) is 0 Å². The second kappa shape index (κ2) is 11.0. The molecule has 0 aromatic rings. The lowest BCUT2D eigenvalue weighted by atomic mass is 9.88. The van der Waals surface area contributed by atoms with Gasteiger partial charge in [-0.2, -0.15) is 13.2 Å². The molecule has 30 heavy (non-hydrogen) atoms. The van der Waals surface area contributed by atoms with Crippen molar-refractivity contribution in [2.75, 3.05) is 13.2 Å². The van der Waals surface area contributed by atoms with E-state index in [1.54, 1.807) is 0 Å². The second-order valence-corrected chi connectivity index (χ2v) is 8.97. The van der Waals surface area contributed by atoms with Gasteiger partial charge in [0.15, 0.2) is 6.35 Å². The van der Waals surface area contributed by atoms with Crippen LogP contribution in [-0.4, -0.2) is 62.0 Å². The topological polar surface area (TPSA) is 69.4 Å². The minimum absolute atomic E-state index is 0.0775. The summed E-state index contributed by atoms with van der Waals surface area (Å²) >= 11 is 6.03. The molecule has 6 atom stereocenters. The summed E-state index contributed by atoms with van der Waals surface area (Å²) in [6, 6.07) is -0.0775. The molecule has 176 valence electrons. The van der Waals surface area contributed by atoms with E-state index in [0.29, 0.717) is 44.6 Å². The summed E-state index contributed by atoms with van der Waals surface area (Å²) in [6.45, 7) is -0.791. The third-order valence-corrected chi connectivity index (χ3v) is 6.32. The first kappa shape index (κ1) is 24.3. The highest BCUT2D eigenvalue weighted by atomic mass is 35.5. The van der Waals surface area contributed by atoms with Gasteiger partial charge in [0.1, 0.15) is 31.5 Å². The smallest absolute Gasteiger partial charge is 0.340 e. The summed E-state index contributed by atoms with van der Waals surface area (Å²) in [5.41, 5.74) is 0. The van der Waals surface area contributed by atoms with Crippen LogP contribution in [0.5, 0.6) is 0 Å². The van der Waals surface area contributed by atoms with Gasteiger partial charge < -0.3 is 4.74 Å². The minimum atomic E-state index is -4.45. The van der Waals surface area contributed by atoms with Gasteiger partial charge in [-0.25, -0.2) is 8.78 Å². The van der Waals surface area contributed by atoms with E-state index in [9.17, 15) is 22.0 Å². The number of hydrogen-bond acceptors (Lipinski definition) is 6. The van der Waals surface area contributed by atoms with Gasteiger partial charge in [0.05, 0.1) is 5.38 Å². The summed E-state index contributed by atoms with van der Waals surface area (Å²) < 4.78 is 69.6. The summed E-state index contributed by atoms with van der Waals surface area (Å²) in [4.78, 5) is 0. The van der Waals surface area contributed by atoms with Crippen molar-refractivity contribution >= 4 is 11.6 Å². The Kier molecular flexibility index (Phi) is 8.94. The Hall–Kier alpha value is -0.300.